The van der Waals surface area contributed by atoms with Crippen LogP contribution in [0.4, 0.5) is 0 Å². The van der Waals surface area contributed by atoms with E-state index in [2.05, 4.69) is 12.2 Å². The molecule has 0 fully saturated rings. The number of carbonyl (C=O) groups is 2. The van der Waals surface area contributed by atoms with Gasteiger partial charge in [0.1, 0.15) is 5.75 Å². The largest absolute Gasteiger partial charge is 0.497 e. The number of esters is 1. The number of carbonyl (C=O) groups excluding carboxylic acids is 2. The van der Waals surface area contributed by atoms with E-state index in [-0.39, 0.29) is 5.91 Å². The summed E-state index contributed by atoms with van der Waals surface area (Å²) in [6.45, 7) is 4.65. The average molecular weight is 410 g/mol. The van der Waals surface area contributed by atoms with E-state index in [4.69, 9.17) is 9.47 Å². The van der Waals surface area contributed by atoms with Gasteiger partial charge < -0.3 is 14.8 Å². The van der Waals surface area contributed by atoms with Crippen LogP contribution in [-0.2, 0) is 9.53 Å². The number of hydrogen-bond donors (Lipinski definition) is 1. The molecule has 0 radical (unpaired) electrons. The molecule has 0 heterocycles. The van der Waals surface area contributed by atoms with Crippen molar-refractivity contribution in [2.24, 2.45) is 0 Å². The van der Waals surface area contributed by atoms with Crippen LogP contribution in [0.2, 0.25) is 0 Å². The highest BCUT2D eigenvalue weighted by Gasteiger charge is 2.25. The number of ether oxygens (including phenoxy) is 2. The van der Waals surface area contributed by atoms with Gasteiger partial charge in [-0.1, -0.05) is 62.6 Å². The lowest BCUT2D eigenvalue weighted by atomic mass is 10.1. The van der Waals surface area contributed by atoms with Gasteiger partial charge in [0.05, 0.1) is 12.7 Å². The first-order valence-electron chi connectivity index (χ1n) is 10.4. The van der Waals surface area contributed by atoms with E-state index >= 15 is 0 Å². The maximum Gasteiger partial charge on any atom is 0.339 e. The second-order valence-corrected chi connectivity index (χ2v) is 7.03. The Morgan fingerprint density at radius 1 is 1.00 bits per heavy atom. The van der Waals surface area contributed by atoms with E-state index in [9.17, 15) is 9.59 Å². The van der Waals surface area contributed by atoms with Crippen molar-refractivity contribution in [1.82, 2.24) is 5.32 Å². The molecular weight excluding hydrogens is 378 g/mol. The minimum absolute atomic E-state index is 0.313. The number of amides is 1. The molecule has 0 aliphatic carbocycles. The second-order valence-electron chi connectivity index (χ2n) is 7.03. The molecule has 0 saturated heterocycles. The number of unbranched alkanes of at least 4 members (excludes halogenated alkanes) is 3. The lowest BCUT2D eigenvalue weighted by Crippen LogP contribution is -2.33. The van der Waals surface area contributed by atoms with Crippen LogP contribution in [0.5, 0.6) is 5.75 Å². The van der Waals surface area contributed by atoms with Crippen LogP contribution < -0.4 is 10.1 Å². The summed E-state index contributed by atoms with van der Waals surface area (Å²) in [5.41, 5.74) is 2.01. The number of hydrogen-bond acceptors (Lipinski definition) is 4. The number of allylic oxidation sites excluding steroid dienone is 1. The molecule has 0 bridgehead atoms. The molecule has 1 N–H and O–H groups in total. The van der Waals surface area contributed by atoms with Gasteiger partial charge in [0.15, 0.2) is 0 Å². The Kier molecular flexibility index (Phi) is 9.65. The van der Waals surface area contributed by atoms with Gasteiger partial charge in [-0.2, -0.15) is 0 Å². The van der Waals surface area contributed by atoms with Gasteiger partial charge in [-0.15, -0.1) is 0 Å². The summed E-state index contributed by atoms with van der Waals surface area (Å²) in [5.74, 6) is -0.221. The van der Waals surface area contributed by atoms with Gasteiger partial charge in [0, 0.05) is 12.1 Å². The van der Waals surface area contributed by atoms with Crippen LogP contribution in [0, 0.1) is 0 Å². The summed E-state index contributed by atoms with van der Waals surface area (Å²) < 4.78 is 10.7. The first-order valence-corrected chi connectivity index (χ1v) is 10.4. The van der Waals surface area contributed by atoms with Crippen molar-refractivity contribution in [3.05, 3.63) is 71.3 Å². The summed E-state index contributed by atoms with van der Waals surface area (Å²) in [4.78, 5) is 25.5. The van der Waals surface area contributed by atoms with E-state index in [0.29, 0.717) is 23.4 Å². The molecule has 0 saturated carbocycles. The SMILES string of the molecule is C/C=C/c1ccc(C(OC(=O)c2ccc(OC)cc2)C(=O)NCCCCCC)cc1. The molecule has 30 heavy (non-hydrogen) atoms. The van der Waals surface area contributed by atoms with E-state index in [1.54, 1.807) is 31.4 Å². The number of nitrogens with one attached hydrogen (secondary N) is 1. The third kappa shape index (κ3) is 7.07. The molecule has 1 unspecified atom stereocenters. The fraction of sp³-hybridized carbons (Fsp3) is 0.360. The molecule has 5 heteroatoms. The number of rotatable bonds is 11. The number of benzene rings is 2. The third-order valence-electron chi connectivity index (χ3n) is 4.72. The molecule has 5 nitrogen and oxygen atoms in total. The predicted molar refractivity (Wildman–Crippen MR) is 119 cm³/mol. The predicted octanol–water partition coefficient (Wildman–Crippen LogP) is 5.32. The van der Waals surface area contributed by atoms with E-state index in [0.717, 1.165) is 31.2 Å². The molecule has 1 atom stereocenters. The van der Waals surface area contributed by atoms with E-state index < -0.39 is 12.1 Å². The van der Waals surface area contributed by atoms with Crippen LogP contribution in [0.3, 0.4) is 0 Å². The van der Waals surface area contributed by atoms with Crippen LogP contribution >= 0.6 is 0 Å². The van der Waals surface area contributed by atoms with Gasteiger partial charge in [0.25, 0.3) is 5.91 Å². The summed E-state index contributed by atoms with van der Waals surface area (Å²) in [6, 6.07) is 14.1. The zero-order valence-corrected chi connectivity index (χ0v) is 18.0. The quantitative estimate of drug-likeness (QED) is 0.403. The van der Waals surface area contributed by atoms with E-state index in [1.807, 2.05) is 43.3 Å². The molecule has 2 aromatic rings. The maximum absolute atomic E-state index is 12.8. The Hall–Kier alpha value is -3.08. The maximum atomic E-state index is 12.8. The minimum atomic E-state index is -1.01. The third-order valence-corrected chi connectivity index (χ3v) is 4.72. The molecule has 0 aliphatic heterocycles. The average Bonchev–Trinajstić information content (AvgIpc) is 2.78. The van der Waals surface area contributed by atoms with Crippen molar-refractivity contribution >= 4 is 18.0 Å². The Morgan fingerprint density at radius 3 is 2.30 bits per heavy atom. The lowest BCUT2D eigenvalue weighted by Gasteiger charge is -2.18. The molecule has 0 spiro atoms. The summed E-state index contributed by atoms with van der Waals surface area (Å²) in [6.07, 6.45) is 7.14. The van der Waals surface area contributed by atoms with Crippen molar-refractivity contribution in [2.45, 2.75) is 45.6 Å². The van der Waals surface area contributed by atoms with Crippen LogP contribution in [0.1, 0.15) is 67.1 Å². The van der Waals surface area contributed by atoms with Crippen molar-refractivity contribution < 1.29 is 19.1 Å². The van der Waals surface area contributed by atoms with Crippen molar-refractivity contribution in [1.29, 1.82) is 0 Å². The van der Waals surface area contributed by atoms with Crippen molar-refractivity contribution in [3.8, 4) is 5.75 Å². The zero-order valence-electron chi connectivity index (χ0n) is 18.0. The van der Waals surface area contributed by atoms with Crippen molar-refractivity contribution in [3.63, 3.8) is 0 Å². The highest BCUT2D eigenvalue weighted by molar-refractivity contribution is 5.92. The van der Waals surface area contributed by atoms with Gasteiger partial charge in [0.2, 0.25) is 6.10 Å². The molecular formula is C25H31NO4. The minimum Gasteiger partial charge on any atom is -0.497 e. The lowest BCUT2D eigenvalue weighted by molar-refractivity contribution is -0.130. The topological polar surface area (TPSA) is 64.6 Å². The Morgan fingerprint density at radius 2 is 1.70 bits per heavy atom. The van der Waals surface area contributed by atoms with Crippen molar-refractivity contribution in [2.75, 3.05) is 13.7 Å². The van der Waals surface area contributed by atoms with Gasteiger partial charge >= 0.3 is 5.97 Å². The Bertz CT molecular complexity index is 825. The first-order chi connectivity index (χ1) is 14.6. The zero-order chi connectivity index (χ0) is 21.8. The fourth-order valence-corrected chi connectivity index (χ4v) is 3.01. The molecule has 0 aliphatic rings. The summed E-state index contributed by atoms with van der Waals surface area (Å²) in [5, 5.41) is 2.90. The summed E-state index contributed by atoms with van der Waals surface area (Å²) in [7, 11) is 1.56. The smallest absolute Gasteiger partial charge is 0.339 e. The first kappa shape index (κ1) is 23.2. The monoisotopic (exact) mass is 409 g/mol. The highest BCUT2D eigenvalue weighted by atomic mass is 16.5. The standard InChI is InChI=1S/C25H31NO4/c1-4-6-7-8-18-26-24(27)23(20-12-10-19(9-5-2)11-13-20)30-25(28)21-14-16-22(29-3)17-15-21/h5,9-17,23H,4,6-8,18H2,1-3H3,(H,26,27)/b9-5+. The normalized spacial score (nSPS) is 11.8. The van der Waals surface area contributed by atoms with Crippen LogP contribution in [0.25, 0.3) is 6.08 Å². The fourth-order valence-electron chi connectivity index (χ4n) is 3.01. The van der Waals surface area contributed by atoms with Crippen LogP contribution in [-0.4, -0.2) is 25.5 Å². The Balaban J connectivity index is 2.14. The molecule has 160 valence electrons. The molecule has 2 rings (SSSR count). The molecule has 0 aromatic heterocycles. The molecule has 2 aromatic carbocycles. The van der Waals surface area contributed by atoms with Gasteiger partial charge in [-0.25, -0.2) is 4.79 Å². The summed E-state index contributed by atoms with van der Waals surface area (Å²) >= 11 is 0. The Labute approximate surface area is 179 Å². The van der Waals surface area contributed by atoms with Gasteiger partial charge in [-0.05, 0) is 43.2 Å². The van der Waals surface area contributed by atoms with Crippen LogP contribution in [0.15, 0.2) is 54.6 Å². The van der Waals surface area contributed by atoms with E-state index in [1.165, 1.54) is 0 Å². The number of methoxy groups -OCH3 is 1. The second kappa shape index (κ2) is 12.5. The van der Waals surface area contributed by atoms with Gasteiger partial charge in [-0.3, -0.25) is 4.79 Å². The highest BCUT2D eigenvalue weighted by Crippen LogP contribution is 2.22. The molecule has 1 amide bonds.